The lowest BCUT2D eigenvalue weighted by Gasteiger charge is -2.30. The summed E-state index contributed by atoms with van der Waals surface area (Å²) in [5.74, 6) is -0.133. The molecule has 0 fully saturated rings. The standard InChI is InChI=1S/C19H15F3N6O2S/c20-19(21,22)14-5-6-23-16(8-14)27-11-15(10-25-27)31(29,30)28-7-1-2-12-3-4-13-9-24-26-17(13)18(12)28/h3-6,8-11H,1-2,7H2,(H,24,26). The number of alkyl halides is 3. The Bertz CT molecular complexity index is 1390. The fraction of sp³-hybridized carbons (Fsp3) is 0.211. The second-order valence-corrected chi connectivity index (χ2v) is 8.97. The van der Waals surface area contributed by atoms with Crippen molar-refractivity contribution in [1.29, 1.82) is 0 Å². The van der Waals surface area contributed by atoms with Crippen LogP contribution in [0.3, 0.4) is 0 Å². The van der Waals surface area contributed by atoms with Gasteiger partial charge in [0.1, 0.15) is 4.90 Å². The van der Waals surface area contributed by atoms with Gasteiger partial charge in [-0.3, -0.25) is 9.40 Å². The predicted octanol–water partition coefficient (Wildman–Crippen LogP) is 3.30. The number of aryl methyl sites for hydroxylation is 1. The molecule has 1 aliphatic rings. The highest BCUT2D eigenvalue weighted by molar-refractivity contribution is 7.92. The minimum Gasteiger partial charge on any atom is -0.276 e. The van der Waals surface area contributed by atoms with Gasteiger partial charge in [-0.25, -0.2) is 18.1 Å². The number of H-pyrrole nitrogens is 1. The summed E-state index contributed by atoms with van der Waals surface area (Å²) < 4.78 is 68.1. The molecule has 5 rings (SSSR count). The molecule has 1 N–H and O–H groups in total. The number of hydrogen-bond acceptors (Lipinski definition) is 5. The van der Waals surface area contributed by atoms with Gasteiger partial charge in [-0.2, -0.15) is 23.4 Å². The van der Waals surface area contributed by atoms with Crippen molar-refractivity contribution < 1.29 is 21.6 Å². The first-order valence-electron chi connectivity index (χ1n) is 9.31. The zero-order chi connectivity index (χ0) is 21.8. The lowest BCUT2D eigenvalue weighted by Crippen LogP contribution is -2.35. The molecular formula is C19H15F3N6O2S. The van der Waals surface area contributed by atoms with Crippen LogP contribution in [-0.2, 0) is 22.6 Å². The number of fused-ring (bicyclic) bond motifs is 3. The SMILES string of the molecule is O=S(=O)(c1cnn(-c2cc(C(F)(F)F)ccn2)c1)N1CCCc2ccc3cn[nH]c3c21. The Labute approximate surface area is 174 Å². The van der Waals surface area contributed by atoms with Crippen molar-refractivity contribution in [1.82, 2.24) is 25.0 Å². The van der Waals surface area contributed by atoms with Crippen LogP contribution < -0.4 is 4.31 Å². The number of rotatable bonds is 3. The van der Waals surface area contributed by atoms with Crippen LogP contribution in [0.15, 0.2) is 53.9 Å². The molecule has 0 saturated carbocycles. The molecule has 8 nitrogen and oxygen atoms in total. The molecule has 1 aliphatic heterocycles. The van der Waals surface area contributed by atoms with E-state index < -0.39 is 21.8 Å². The highest BCUT2D eigenvalue weighted by Crippen LogP contribution is 2.37. The number of anilines is 1. The summed E-state index contributed by atoms with van der Waals surface area (Å²) in [5, 5.41) is 11.6. The molecule has 0 unspecified atom stereocenters. The summed E-state index contributed by atoms with van der Waals surface area (Å²) >= 11 is 0. The Balaban J connectivity index is 1.56. The van der Waals surface area contributed by atoms with E-state index in [0.717, 1.165) is 46.6 Å². The van der Waals surface area contributed by atoms with Crippen molar-refractivity contribution in [3.8, 4) is 5.82 Å². The van der Waals surface area contributed by atoms with Crippen molar-refractivity contribution in [3.63, 3.8) is 0 Å². The van der Waals surface area contributed by atoms with Gasteiger partial charge < -0.3 is 0 Å². The third-order valence-electron chi connectivity index (χ3n) is 5.18. The number of nitrogens with zero attached hydrogens (tertiary/aromatic N) is 5. The number of hydrogen-bond donors (Lipinski definition) is 1. The largest absolute Gasteiger partial charge is 0.416 e. The molecule has 160 valence electrons. The van der Waals surface area contributed by atoms with E-state index in [2.05, 4.69) is 20.3 Å². The number of sulfonamides is 1. The van der Waals surface area contributed by atoms with E-state index in [1.54, 1.807) is 6.20 Å². The Morgan fingerprint density at radius 1 is 1.13 bits per heavy atom. The minimum atomic E-state index is -4.55. The van der Waals surface area contributed by atoms with E-state index in [0.29, 0.717) is 17.6 Å². The minimum absolute atomic E-state index is 0.133. The van der Waals surface area contributed by atoms with Gasteiger partial charge in [0.2, 0.25) is 0 Å². The lowest BCUT2D eigenvalue weighted by molar-refractivity contribution is -0.137. The molecule has 0 amide bonds. The van der Waals surface area contributed by atoms with E-state index in [-0.39, 0.29) is 17.3 Å². The summed E-state index contributed by atoms with van der Waals surface area (Å²) in [6.07, 6.45) is 1.71. The first-order chi connectivity index (χ1) is 14.7. The molecule has 3 aromatic heterocycles. The van der Waals surface area contributed by atoms with Gasteiger partial charge in [-0.15, -0.1) is 0 Å². The Hall–Kier alpha value is -3.41. The topological polar surface area (TPSA) is 96.8 Å². The summed E-state index contributed by atoms with van der Waals surface area (Å²) in [6.45, 7) is 0.264. The molecule has 12 heteroatoms. The van der Waals surface area contributed by atoms with Crippen LogP contribution in [0.5, 0.6) is 0 Å². The van der Waals surface area contributed by atoms with Gasteiger partial charge in [0.25, 0.3) is 10.0 Å². The molecule has 0 saturated heterocycles. The van der Waals surface area contributed by atoms with Crippen LogP contribution >= 0.6 is 0 Å². The monoisotopic (exact) mass is 448 g/mol. The summed E-state index contributed by atoms with van der Waals surface area (Å²) in [4.78, 5) is 3.74. The first kappa shape index (κ1) is 19.5. The maximum atomic E-state index is 13.4. The highest BCUT2D eigenvalue weighted by atomic mass is 32.2. The first-order valence-corrected chi connectivity index (χ1v) is 10.8. The van der Waals surface area contributed by atoms with Crippen LogP contribution in [0.2, 0.25) is 0 Å². The normalized spacial score (nSPS) is 14.7. The van der Waals surface area contributed by atoms with Crippen molar-refractivity contribution in [3.05, 3.63) is 60.2 Å². The van der Waals surface area contributed by atoms with Gasteiger partial charge in [0.15, 0.2) is 5.82 Å². The Kier molecular flexibility index (Phi) is 4.29. The summed E-state index contributed by atoms with van der Waals surface area (Å²) in [7, 11) is -4.02. The zero-order valence-electron chi connectivity index (χ0n) is 15.8. The fourth-order valence-corrected chi connectivity index (χ4v) is 5.19. The number of benzene rings is 1. The van der Waals surface area contributed by atoms with Gasteiger partial charge in [-0.1, -0.05) is 12.1 Å². The van der Waals surface area contributed by atoms with Gasteiger partial charge in [0, 0.05) is 18.1 Å². The number of pyridine rings is 1. The van der Waals surface area contributed by atoms with E-state index >= 15 is 0 Å². The van der Waals surface area contributed by atoms with Crippen LogP contribution in [0.4, 0.5) is 18.9 Å². The smallest absolute Gasteiger partial charge is 0.276 e. The van der Waals surface area contributed by atoms with Crippen LogP contribution in [0, 0.1) is 0 Å². The number of nitrogens with one attached hydrogen (secondary N) is 1. The van der Waals surface area contributed by atoms with Crippen molar-refractivity contribution >= 4 is 26.6 Å². The van der Waals surface area contributed by atoms with Crippen LogP contribution in [-0.4, -0.2) is 39.9 Å². The molecule has 31 heavy (non-hydrogen) atoms. The second kappa shape index (κ2) is 6.80. The van der Waals surface area contributed by atoms with Crippen molar-refractivity contribution in [2.24, 2.45) is 0 Å². The Morgan fingerprint density at radius 3 is 2.77 bits per heavy atom. The quantitative estimate of drug-likeness (QED) is 0.519. The van der Waals surface area contributed by atoms with Crippen LogP contribution in [0.1, 0.15) is 17.5 Å². The average molecular weight is 448 g/mol. The molecular weight excluding hydrogens is 433 g/mol. The predicted molar refractivity (Wildman–Crippen MR) is 105 cm³/mol. The average Bonchev–Trinajstić information content (AvgIpc) is 3.43. The van der Waals surface area contributed by atoms with E-state index in [1.807, 2.05) is 12.1 Å². The van der Waals surface area contributed by atoms with Crippen LogP contribution in [0.25, 0.3) is 16.7 Å². The van der Waals surface area contributed by atoms with Gasteiger partial charge in [0.05, 0.1) is 35.4 Å². The molecule has 0 atom stereocenters. The molecule has 0 radical (unpaired) electrons. The van der Waals surface area contributed by atoms with E-state index in [9.17, 15) is 21.6 Å². The van der Waals surface area contributed by atoms with Gasteiger partial charge >= 0.3 is 6.18 Å². The fourth-order valence-electron chi connectivity index (χ4n) is 3.71. The molecule has 0 aliphatic carbocycles. The van der Waals surface area contributed by atoms with Gasteiger partial charge in [-0.05, 0) is 30.5 Å². The zero-order valence-corrected chi connectivity index (χ0v) is 16.7. The van der Waals surface area contributed by atoms with E-state index in [4.69, 9.17) is 0 Å². The summed E-state index contributed by atoms with van der Waals surface area (Å²) in [5.41, 5.74) is 1.13. The second-order valence-electron chi connectivity index (χ2n) is 7.11. The molecule has 0 spiro atoms. The third kappa shape index (κ3) is 3.23. The van der Waals surface area contributed by atoms with Crippen molar-refractivity contribution in [2.75, 3.05) is 10.8 Å². The number of halogens is 3. The Morgan fingerprint density at radius 2 is 1.97 bits per heavy atom. The molecule has 1 aromatic carbocycles. The van der Waals surface area contributed by atoms with E-state index in [1.165, 1.54) is 10.5 Å². The van der Waals surface area contributed by atoms with Crippen molar-refractivity contribution in [2.45, 2.75) is 23.9 Å². The lowest BCUT2D eigenvalue weighted by atomic mass is 10.0. The number of aromatic nitrogens is 5. The molecule has 4 heterocycles. The number of aromatic amines is 1. The molecule has 4 aromatic rings. The highest BCUT2D eigenvalue weighted by Gasteiger charge is 2.33. The third-order valence-corrected chi connectivity index (χ3v) is 6.94. The summed E-state index contributed by atoms with van der Waals surface area (Å²) in [6, 6.07) is 5.41. The molecule has 0 bridgehead atoms. The maximum absolute atomic E-state index is 13.4. The maximum Gasteiger partial charge on any atom is 0.416 e.